The summed E-state index contributed by atoms with van der Waals surface area (Å²) in [6.07, 6.45) is 5.92. The molecular weight excluding hydrogens is 208 g/mol. The average Bonchev–Trinajstić information content (AvgIpc) is 2.80. The molecule has 0 fully saturated rings. The van der Waals surface area contributed by atoms with Crippen molar-refractivity contribution in [2.45, 2.75) is 18.9 Å². The van der Waals surface area contributed by atoms with Crippen LogP contribution in [0.25, 0.3) is 0 Å². The van der Waals surface area contributed by atoms with E-state index in [0.717, 1.165) is 12.0 Å². The Morgan fingerprint density at radius 3 is 2.80 bits per heavy atom. The molecular formula is C11H12N2OS. The highest BCUT2D eigenvalue weighted by molar-refractivity contribution is 7.07. The molecule has 0 saturated heterocycles. The molecule has 4 heteroatoms. The minimum absolute atomic E-state index is 0.467. The molecule has 0 bridgehead atoms. The van der Waals surface area contributed by atoms with Gasteiger partial charge >= 0.3 is 0 Å². The van der Waals surface area contributed by atoms with Gasteiger partial charge in [-0.15, -0.1) is 0 Å². The maximum atomic E-state index is 9.84. The summed E-state index contributed by atoms with van der Waals surface area (Å²) in [7, 11) is 0. The fourth-order valence-corrected chi connectivity index (χ4v) is 2.09. The van der Waals surface area contributed by atoms with E-state index in [1.54, 1.807) is 23.7 Å². The third kappa shape index (κ3) is 2.84. The van der Waals surface area contributed by atoms with Crippen LogP contribution >= 0.6 is 11.3 Å². The zero-order valence-corrected chi connectivity index (χ0v) is 9.02. The Balaban J connectivity index is 1.90. The molecule has 0 aliphatic heterocycles. The molecule has 0 aliphatic rings. The number of aliphatic hydroxyl groups is 1. The van der Waals surface area contributed by atoms with Crippen molar-refractivity contribution >= 4 is 11.3 Å². The van der Waals surface area contributed by atoms with Crippen molar-refractivity contribution in [3.63, 3.8) is 0 Å². The second-order valence-electron chi connectivity index (χ2n) is 3.36. The molecule has 2 aromatic rings. The van der Waals surface area contributed by atoms with E-state index in [0.29, 0.717) is 6.42 Å². The number of aromatic nitrogens is 2. The second-order valence-corrected chi connectivity index (χ2v) is 4.14. The van der Waals surface area contributed by atoms with Gasteiger partial charge in [0.25, 0.3) is 0 Å². The fourth-order valence-electron chi connectivity index (χ4n) is 1.39. The lowest BCUT2D eigenvalue weighted by Gasteiger charge is -2.08. The van der Waals surface area contributed by atoms with Crippen LogP contribution in [0.1, 0.15) is 23.7 Å². The van der Waals surface area contributed by atoms with Gasteiger partial charge < -0.3 is 5.11 Å². The summed E-state index contributed by atoms with van der Waals surface area (Å²) < 4.78 is 0. The van der Waals surface area contributed by atoms with Gasteiger partial charge in [-0.25, -0.2) is 9.97 Å². The first-order valence-electron chi connectivity index (χ1n) is 4.80. The SMILES string of the molecule is OC(CCc1ccsc1)c1cncnc1. The van der Waals surface area contributed by atoms with E-state index in [1.165, 1.54) is 11.9 Å². The molecule has 0 aliphatic carbocycles. The topological polar surface area (TPSA) is 46.0 Å². The second kappa shape index (κ2) is 5.00. The van der Waals surface area contributed by atoms with Gasteiger partial charge in [-0.1, -0.05) is 0 Å². The third-order valence-electron chi connectivity index (χ3n) is 2.25. The number of nitrogens with zero attached hydrogens (tertiary/aromatic N) is 2. The molecule has 0 radical (unpaired) electrons. The number of thiophene rings is 1. The summed E-state index contributed by atoms with van der Waals surface area (Å²) in [6.45, 7) is 0. The molecule has 2 rings (SSSR count). The number of hydrogen-bond donors (Lipinski definition) is 1. The van der Waals surface area contributed by atoms with Crippen molar-refractivity contribution in [2.75, 3.05) is 0 Å². The minimum Gasteiger partial charge on any atom is -0.388 e. The average molecular weight is 220 g/mol. The van der Waals surface area contributed by atoms with E-state index in [2.05, 4.69) is 21.4 Å². The summed E-state index contributed by atoms with van der Waals surface area (Å²) in [6, 6.07) is 2.08. The predicted molar refractivity (Wildman–Crippen MR) is 59.6 cm³/mol. The molecule has 15 heavy (non-hydrogen) atoms. The van der Waals surface area contributed by atoms with E-state index in [4.69, 9.17) is 0 Å². The lowest BCUT2D eigenvalue weighted by Crippen LogP contribution is -2.00. The Kier molecular flexibility index (Phi) is 3.42. The first-order chi connectivity index (χ1) is 7.36. The van der Waals surface area contributed by atoms with Crippen molar-refractivity contribution < 1.29 is 5.11 Å². The van der Waals surface area contributed by atoms with Crippen LogP contribution in [0.15, 0.2) is 35.5 Å². The molecule has 0 amide bonds. The number of rotatable bonds is 4. The lowest BCUT2D eigenvalue weighted by molar-refractivity contribution is 0.167. The summed E-state index contributed by atoms with van der Waals surface area (Å²) in [4.78, 5) is 7.76. The van der Waals surface area contributed by atoms with Gasteiger partial charge in [0.15, 0.2) is 0 Å². The van der Waals surface area contributed by atoms with E-state index in [-0.39, 0.29) is 0 Å². The van der Waals surface area contributed by atoms with Gasteiger partial charge in [0.2, 0.25) is 0 Å². The summed E-state index contributed by atoms with van der Waals surface area (Å²) in [5, 5.41) is 14.0. The van der Waals surface area contributed by atoms with Crippen molar-refractivity contribution in [3.8, 4) is 0 Å². The molecule has 0 saturated carbocycles. The molecule has 2 aromatic heterocycles. The smallest absolute Gasteiger partial charge is 0.115 e. The van der Waals surface area contributed by atoms with Crippen LogP contribution in [0.2, 0.25) is 0 Å². The van der Waals surface area contributed by atoms with Crippen LogP contribution in [0, 0.1) is 0 Å². The lowest BCUT2D eigenvalue weighted by atomic mass is 10.1. The van der Waals surface area contributed by atoms with E-state index >= 15 is 0 Å². The molecule has 0 aromatic carbocycles. The van der Waals surface area contributed by atoms with Crippen LogP contribution < -0.4 is 0 Å². The first-order valence-corrected chi connectivity index (χ1v) is 5.74. The Bertz CT molecular complexity index is 388. The van der Waals surface area contributed by atoms with Crippen molar-refractivity contribution in [1.29, 1.82) is 0 Å². The standard InChI is InChI=1S/C11H12N2OS/c14-11(10-5-12-8-13-6-10)2-1-9-3-4-15-7-9/h3-8,11,14H,1-2H2. The fraction of sp³-hybridized carbons (Fsp3) is 0.273. The quantitative estimate of drug-likeness (QED) is 0.859. The van der Waals surface area contributed by atoms with Crippen LogP contribution in [0.4, 0.5) is 0 Å². The largest absolute Gasteiger partial charge is 0.388 e. The summed E-state index contributed by atoms with van der Waals surface area (Å²) in [5.74, 6) is 0. The monoisotopic (exact) mass is 220 g/mol. The van der Waals surface area contributed by atoms with Gasteiger partial charge in [0.1, 0.15) is 6.33 Å². The van der Waals surface area contributed by atoms with Crippen LogP contribution in [0.5, 0.6) is 0 Å². The van der Waals surface area contributed by atoms with Crippen LogP contribution in [0.3, 0.4) is 0 Å². The Morgan fingerprint density at radius 1 is 1.33 bits per heavy atom. The Hall–Kier alpha value is -1.26. The summed E-state index contributed by atoms with van der Waals surface area (Å²) in [5.41, 5.74) is 2.06. The van der Waals surface area contributed by atoms with Gasteiger partial charge in [-0.3, -0.25) is 0 Å². The highest BCUT2D eigenvalue weighted by atomic mass is 32.1. The number of aryl methyl sites for hydroxylation is 1. The van der Waals surface area contributed by atoms with Crippen molar-refractivity contribution in [2.24, 2.45) is 0 Å². The van der Waals surface area contributed by atoms with Gasteiger partial charge in [0.05, 0.1) is 6.10 Å². The molecule has 1 unspecified atom stereocenters. The highest BCUT2D eigenvalue weighted by Gasteiger charge is 2.07. The Labute approximate surface area is 92.5 Å². The van der Waals surface area contributed by atoms with E-state index < -0.39 is 6.10 Å². The highest BCUT2D eigenvalue weighted by Crippen LogP contribution is 2.18. The van der Waals surface area contributed by atoms with E-state index in [9.17, 15) is 5.11 Å². The molecule has 1 atom stereocenters. The Morgan fingerprint density at radius 2 is 2.13 bits per heavy atom. The minimum atomic E-state index is -0.467. The first kappa shape index (κ1) is 10.3. The normalized spacial score (nSPS) is 12.6. The molecule has 3 nitrogen and oxygen atoms in total. The maximum Gasteiger partial charge on any atom is 0.115 e. The number of aliphatic hydroxyl groups excluding tert-OH is 1. The zero-order valence-electron chi connectivity index (χ0n) is 8.21. The molecule has 1 N–H and O–H groups in total. The van der Waals surface area contributed by atoms with Crippen LogP contribution in [-0.2, 0) is 6.42 Å². The van der Waals surface area contributed by atoms with E-state index in [1.807, 2.05) is 5.38 Å². The zero-order chi connectivity index (χ0) is 10.5. The molecule has 2 heterocycles. The number of hydrogen-bond acceptors (Lipinski definition) is 4. The predicted octanol–water partition coefficient (Wildman–Crippen LogP) is 2.20. The van der Waals surface area contributed by atoms with Gasteiger partial charge in [0, 0.05) is 18.0 Å². The summed E-state index contributed by atoms with van der Waals surface area (Å²) >= 11 is 1.68. The maximum absolute atomic E-state index is 9.84. The van der Waals surface area contributed by atoms with Crippen LogP contribution in [-0.4, -0.2) is 15.1 Å². The van der Waals surface area contributed by atoms with Gasteiger partial charge in [-0.2, -0.15) is 11.3 Å². The molecule has 0 spiro atoms. The van der Waals surface area contributed by atoms with Crippen molar-refractivity contribution in [1.82, 2.24) is 9.97 Å². The third-order valence-corrected chi connectivity index (χ3v) is 2.98. The van der Waals surface area contributed by atoms with Gasteiger partial charge in [-0.05, 0) is 35.2 Å². The molecule has 78 valence electrons. The van der Waals surface area contributed by atoms with Crippen molar-refractivity contribution in [3.05, 3.63) is 46.7 Å².